The average Bonchev–Trinajstić information content (AvgIpc) is 2.30. The predicted octanol–water partition coefficient (Wildman–Crippen LogP) is 4.80. The van der Waals surface area contributed by atoms with Gasteiger partial charge in [0.05, 0.1) is 0 Å². The Bertz CT molecular complexity index is 489. The van der Waals surface area contributed by atoms with Crippen molar-refractivity contribution in [3.63, 3.8) is 0 Å². The lowest BCUT2D eigenvalue weighted by atomic mass is 10.1. The van der Waals surface area contributed by atoms with Crippen LogP contribution in [0.1, 0.15) is 5.56 Å². The Hall–Kier alpha value is -1.61. The van der Waals surface area contributed by atoms with Gasteiger partial charge in [-0.25, -0.2) is 0 Å². The van der Waals surface area contributed by atoms with E-state index < -0.39 is 29.9 Å². The van der Waals surface area contributed by atoms with E-state index in [-0.39, 0.29) is 0 Å². The molecule has 0 saturated carbocycles. The second-order valence-corrected chi connectivity index (χ2v) is 4.08. The summed E-state index contributed by atoms with van der Waals surface area (Å²) in [5.41, 5.74) is 0.498. The fourth-order valence-corrected chi connectivity index (χ4v) is 1.18. The second-order valence-electron chi connectivity index (χ2n) is 4.08. The van der Waals surface area contributed by atoms with Gasteiger partial charge in [-0.1, -0.05) is 17.7 Å². The van der Waals surface area contributed by atoms with Gasteiger partial charge in [0, 0.05) is 0 Å². The largest absolute Gasteiger partial charge is 0.471 e. The molecule has 1 rings (SSSR count). The minimum Gasteiger partial charge on any atom is -0.428 e. The van der Waals surface area contributed by atoms with E-state index in [4.69, 9.17) is 0 Å². The van der Waals surface area contributed by atoms with Gasteiger partial charge >= 0.3 is 24.1 Å². The molecule has 0 amide bonds. The number of rotatable bonds is 4. The molecule has 1 aromatic rings. The van der Waals surface area contributed by atoms with E-state index >= 15 is 0 Å². The first kappa shape index (κ1) is 17.4. The Labute approximate surface area is 112 Å². The molecule has 0 saturated heterocycles. The summed E-state index contributed by atoms with van der Waals surface area (Å²) in [4.78, 5) is 0. The van der Waals surface area contributed by atoms with Crippen LogP contribution >= 0.6 is 0 Å². The number of hydrogen-bond acceptors (Lipinski definition) is 1. The SMILES string of the molecule is Cc1ccc(OC(F)(F)C(F)(F)C(F)(F)C(F)(F)F)cc1. The third-order valence-corrected chi connectivity index (χ3v) is 2.38. The van der Waals surface area contributed by atoms with Crippen LogP contribution in [0.25, 0.3) is 0 Å². The summed E-state index contributed by atoms with van der Waals surface area (Å²) in [6.45, 7) is 1.49. The van der Waals surface area contributed by atoms with Gasteiger partial charge in [-0.15, -0.1) is 0 Å². The molecule has 0 unspecified atom stereocenters. The maximum absolute atomic E-state index is 13.1. The van der Waals surface area contributed by atoms with Crippen molar-refractivity contribution < 1.29 is 44.3 Å². The van der Waals surface area contributed by atoms with Crippen molar-refractivity contribution in [3.05, 3.63) is 29.8 Å². The monoisotopic (exact) mass is 326 g/mol. The second kappa shape index (κ2) is 4.99. The molecule has 1 aromatic carbocycles. The van der Waals surface area contributed by atoms with E-state index in [1.807, 2.05) is 0 Å². The molecule has 0 fully saturated rings. The van der Waals surface area contributed by atoms with Crippen molar-refractivity contribution >= 4 is 0 Å². The van der Waals surface area contributed by atoms with E-state index in [2.05, 4.69) is 4.74 Å². The highest BCUT2D eigenvalue weighted by atomic mass is 19.4. The smallest absolute Gasteiger partial charge is 0.428 e. The van der Waals surface area contributed by atoms with Crippen molar-refractivity contribution in [2.45, 2.75) is 31.1 Å². The zero-order valence-electron chi connectivity index (χ0n) is 10.1. The van der Waals surface area contributed by atoms with Gasteiger partial charge in [0.25, 0.3) is 0 Å². The normalized spacial score (nSPS) is 14.2. The molecule has 0 spiro atoms. The number of benzene rings is 1. The summed E-state index contributed by atoms with van der Waals surface area (Å²) in [7, 11) is 0. The molecule has 0 heterocycles. The maximum atomic E-state index is 13.1. The summed E-state index contributed by atoms with van der Waals surface area (Å²) in [6, 6.07) is 3.69. The zero-order chi connectivity index (χ0) is 16.7. The van der Waals surface area contributed by atoms with Crippen LogP contribution in [0.5, 0.6) is 5.75 Å². The van der Waals surface area contributed by atoms with Crippen LogP contribution in [0, 0.1) is 6.92 Å². The first-order valence-electron chi connectivity index (χ1n) is 5.18. The van der Waals surface area contributed by atoms with Crippen molar-refractivity contribution in [1.82, 2.24) is 0 Å². The standard InChI is InChI=1S/C11H7F9O/c1-6-2-4-7(5-3-6)21-11(19,20)9(14,15)8(12,13)10(16,17)18/h2-5H,1H3. The van der Waals surface area contributed by atoms with E-state index in [1.54, 1.807) is 0 Å². The quantitative estimate of drug-likeness (QED) is 0.722. The first-order chi connectivity index (χ1) is 9.22. The average molecular weight is 326 g/mol. The lowest BCUT2D eigenvalue weighted by Gasteiger charge is -2.32. The van der Waals surface area contributed by atoms with Crippen molar-refractivity contribution in [2.75, 3.05) is 0 Å². The number of hydrogen-bond donors (Lipinski definition) is 0. The van der Waals surface area contributed by atoms with Gasteiger partial charge in [0.15, 0.2) is 0 Å². The van der Waals surface area contributed by atoms with Crippen LogP contribution in [0.4, 0.5) is 39.5 Å². The van der Waals surface area contributed by atoms with Gasteiger partial charge in [0.1, 0.15) is 5.75 Å². The summed E-state index contributed by atoms with van der Waals surface area (Å²) in [6.07, 6.45) is -12.9. The molecule has 0 aromatic heterocycles. The number of halogens is 9. The van der Waals surface area contributed by atoms with Crippen LogP contribution in [0.2, 0.25) is 0 Å². The highest BCUT2D eigenvalue weighted by molar-refractivity contribution is 5.27. The minimum atomic E-state index is -6.96. The Morgan fingerprint density at radius 1 is 0.714 bits per heavy atom. The van der Waals surface area contributed by atoms with E-state index in [1.165, 1.54) is 6.92 Å². The highest BCUT2D eigenvalue weighted by Crippen LogP contribution is 2.53. The van der Waals surface area contributed by atoms with Crippen molar-refractivity contribution in [1.29, 1.82) is 0 Å². The Kier molecular flexibility index (Phi) is 4.14. The van der Waals surface area contributed by atoms with E-state index in [0.29, 0.717) is 5.56 Å². The topological polar surface area (TPSA) is 9.23 Å². The van der Waals surface area contributed by atoms with E-state index in [0.717, 1.165) is 24.3 Å². The summed E-state index contributed by atoms with van der Waals surface area (Å²) in [5, 5.41) is 0. The molecule has 0 aliphatic carbocycles. The van der Waals surface area contributed by atoms with Crippen molar-refractivity contribution in [3.8, 4) is 5.75 Å². The third kappa shape index (κ3) is 3.03. The fourth-order valence-electron chi connectivity index (χ4n) is 1.18. The predicted molar refractivity (Wildman–Crippen MR) is 52.7 cm³/mol. The van der Waals surface area contributed by atoms with Gasteiger partial charge in [0.2, 0.25) is 0 Å². The molecule has 0 N–H and O–H groups in total. The molecule has 120 valence electrons. The minimum absolute atomic E-state index is 0.498. The summed E-state index contributed by atoms with van der Waals surface area (Å²) < 4.78 is 116. The maximum Gasteiger partial charge on any atom is 0.471 e. The molecular weight excluding hydrogens is 319 g/mol. The lowest BCUT2D eigenvalue weighted by Crippen LogP contribution is -2.62. The number of aryl methyl sites for hydroxylation is 1. The van der Waals surface area contributed by atoms with Gasteiger partial charge in [-0.3, -0.25) is 0 Å². The third-order valence-electron chi connectivity index (χ3n) is 2.38. The van der Waals surface area contributed by atoms with Crippen LogP contribution in [-0.2, 0) is 0 Å². The molecule has 0 aliphatic rings. The first-order valence-corrected chi connectivity index (χ1v) is 5.18. The molecule has 0 atom stereocenters. The fraction of sp³-hybridized carbons (Fsp3) is 0.455. The summed E-state index contributed by atoms with van der Waals surface area (Å²) >= 11 is 0. The van der Waals surface area contributed by atoms with Crippen LogP contribution in [0.3, 0.4) is 0 Å². The molecule has 10 heteroatoms. The molecule has 0 bridgehead atoms. The molecule has 0 aliphatic heterocycles. The highest BCUT2D eigenvalue weighted by Gasteiger charge is 2.83. The van der Waals surface area contributed by atoms with Gasteiger partial charge < -0.3 is 4.74 Å². The zero-order valence-corrected chi connectivity index (χ0v) is 10.1. The van der Waals surface area contributed by atoms with Crippen molar-refractivity contribution in [2.24, 2.45) is 0 Å². The molecule has 0 radical (unpaired) electrons. The van der Waals surface area contributed by atoms with Gasteiger partial charge in [-0.05, 0) is 19.1 Å². The molecule has 1 nitrogen and oxygen atoms in total. The summed E-state index contributed by atoms with van der Waals surface area (Å²) in [5.74, 6) is -14.7. The molecular formula is C11H7F9O. The van der Waals surface area contributed by atoms with Crippen LogP contribution in [0.15, 0.2) is 24.3 Å². The Morgan fingerprint density at radius 3 is 1.52 bits per heavy atom. The van der Waals surface area contributed by atoms with Crippen LogP contribution < -0.4 is 4.74 Å². The Morgan fingerprint density at radius 2 is 1.14 bits per heavy atom. The molecule has 21 heavy (non-hydrogen) atoms. The number of ether oxygens (including phenoxy) is 1. The van der Waals surface area contributed by atoms with Gasteiger partial charge in [-0.2, -0.15) is 39.5 Å². The Balaban J connectivity index is 3.12. The van der Waals surface area contributed by atoms with Crippen LogP contribution in [-0.4, -0.2) is 24.1 Å². The van der Waals surface area contributed by atoms with E-state index in [9.17, 15) is 39.5 Å². The number of alkyl halides is 9. The lowest BCUT2D eigenvalue weighted by molar-refractivity contribution is -0.428.